The molecule has 0 radical (unpaired) electrons. The Morgan fingerprint density at radius 3 is 2.58 bits per heavy atom. The normalized spacial score (nSPS) is 20.2. The molecule has 0 spiro atoms. The molecular weight excluding hydrogens is 326 g/mol. The molecule has 2 aromatic carbocycles. The molecule has 0 bridgehead atoms. The topological polar surface area (TPSA) is 66.4 Å². The molecule has 24 heavy (non-hydrogen) atoms. The highest BCUT2D eigenvalue weighted by atomic mass is 35.5. The molecule has 1 saturated carbocycles. The van der Waals surface area contributed by atoms with Crippen LogP contribution in [0.25, 0.3) is 0 Å². The predicted molar refractivity (Wildman–Crippen MR) is 92.0 cm³/mol. The number of hydrogen-bond acceptors (Lipinski definition) is 2. The van der Waals surface area contributed by atoms with E-state index >= 15 is 0 Å². The summed E-state index contributed by atoms with van der Waals surface area (Å²) in [5, 5.41) is 12.7. The smallest absolute Gasteiger partial charge is 0.326 e. The summed E-state index contributed by atoms with van der Waals surface area (Å²) in [6, 6.07) is 15.8. The van der Waals surface area contributed by atoms with Gasteiger partial charge in [0.1, 0.15) is 6.04 Å². The van der Waals surface area contributed by atoms with Crippen molar-refractivity contribution in [3.05, 3.63) is 70.7 Å². The highest BCUT2D eigenvalue weighted by Gasteiger charge is 2.44. The molecule has 1 aliphatic carbocycles. The van der Waals surface area contributed by atoms with E-state index in [4.69, 9.17) is 11.6 Å². The molecule has 3 unspecified atom stereocenters. The third kappa shape index (κ3) is 3.95. The second-order valence-electron chi connectivity index (χ2n) is 6.09. The number of rotatable bonds is 6. The van der Waals surface area contributed by atoms with Gasteiger partial charge in [0.2, 0.25) is 5.91 Å². The number of carboxylic acids is 1. The van der Waals surface area contributed by atoms with Crippen LogP contribution in [0, 0.1) is 5.92 Å². The molecule has 0 saturated heterocycles. The number of carbonyl (C=O) groups is 2. The molecule has 4 nitrogen and oxygen atoms in total. The maximum Gasteiger partial charge on any atom is 0.326 e. The van der Waals surface area contributed by atoms with Crippen molar-refractivity contribution in [3.63, 3.8) is 0 Å². The molecule has 0 heterocycles. The maximum atomic E-state index is 12.4. The fraction of sp³-hybridized carbons (Fsp3) is 0.263. The molecule has 3 rings (SSSR count). The van der Waals surface area contributed by atoms with Gasteiger partial charge in [0.25, 0.3) is 0 Å². The van der Waals surface area contributed by atoms with Crippen molar-refractivity contribution in [1.29, 1.82) is 0 Å². The zero-order chi connectivity index (χ0) is 17.1. The number of nitrogens with one attached hydrogen (secondary N) is 1. The fourth-order valence-corrected chi connectivity index (χ4v) is 3.12. The Labute approximate surface area is 145 Å². The average Bonchev–Trinajstić information content (AvgIpc) is 3.36. The van der Waals surface area contributed by atoms with Crippen molar-refractivity contribution >= 4 is 23.5 Å². The zero-order valence-corrected chi connectivity index (χ0v) is 13.7. The van der Waals surface area contributed by atoms with Crippen LogP contribution in [0.2, 0.25) is 5.02 Å². The number of benzene rings is 2. The fourth-order valence-electron chi connectivity index (χ4n) is 2.92. The van der Waals surface area contributed by atoms with Crippen LogP contribution < -0.4 is 5.32 Å². The molecular formula is C19H18ClNO3. The van der Waals surface area contributed by atoms with Crippen LogP contribution in [0.1, 0.15) is 23.5 Å². The monoisotopic (exact) mass is 343 g/mol. The van der Waals surface area contributed by atoms with Gasteiger partial charge in [0.05, 0.1) is 0 Å². The molecule has 5 heteroatoms. The first-order valence-corrected chi connectivity index (χ1v) is 8.25. The zero-order valence-electron chi connectivity index (χ0n) is 13.0. The molecule has 3 atom stereocenters. The predicted octanol–water partition coefficient (Wildman–Crippen LogP) is 3.26. The van der Waals surface area contributed by atoms with Crippen molar-refractivity contribution in [2.75, 3.05) is 0 Å². The van der Waals surface area contributed by atoms with Crippen LogP contribution in [-0.2, 0) is 16.0 Å². The summed E-state index contributed by atoms with van der Waals surface area (Å²) >= 11 is 5.98. The van der Waals surface area contributed by atoms with Gasteiger partial charge >= 0.3 is 5.97 Å². The molecule has 2 N–H and O–H groups in total. The molecule has 0 aliphatic heterocycles. The second-order valence-corrected chi connectivity index (χ2v) is 6.53. The molecule has 0 aromatic heterocycles. The standard InChI is InChI=1S/C19H18ClNO3/c20-14-8-4-7-13(10-14)15-11-16(15)18(22)21-17(19(23)24)9-12-5-2-1-3-6-12/h1-8,10,15-17H,9,11H2,(H,21,22)(H,23,24). The lowest BCUT2D eigenvalue weighted by molar-refractivity contribution is -0.142. The Bertz CT molecular complexity index is 747. The first-order chi connectivity index (χ1) is 11.5. The van der Waals surface area contributed by atoms with Crippen LogP contribution in [0.4, 0.5) is 0 Å². The van der Waals surface area contributed by atoms with Crippen LogP contribution in [0.5, 0.6) is 0 Å². The summed E-state index contributed by atoms with van der Waals surface area (Å²) in [5.41, 5.74) is 1.91. The van der Waals surface area contributed by atoms with E-state index in [2.05, 4.69) is 5.32 Å². The highest BCUT2D eigenvalue weighted by Crippen LogP contribution is 2.48. The van der Waals surface area contributed by atoms with E-state index in [1.807, 2.05) is 48.5 Å². The van der Waals surface area contributed by atoms with Crippen LogP contribution >= 0.6 is 11.6 Å². The Kier molecular flexibility index (Phi) is 4.86. The summed E-state index contributed by atoms with van der Waals surface area (Å²) in [7, 11) is 0. The summed E-state index contributed by atoms with van der Waals surface area (Å²) in [5.74, 6) is -1.29. The Balaban J connectivity index is 1.62. The minimum atomic E-state index is -1.02. The third-order valence-electron chi connectivity index (χ3n) is 4.30. The summed E-state index contributed by atoms with van der Waals surface area (Å²) in [4.78, 5) is 23.8. The summed E-state index contributed by atoms with van der Waals surface area (Å²) in [6.07, 6.45) is 1.00. The number of aliphatic carboxylic acids is 1. The Morgan fingerprint density at radius 1 is 1.17 bits per heavy atom. The molecule has 1 aliphatic rings. The summed E-state index contributed by atoms with van der Waals surface area (Å²) in [6.45, 7) is 0. The van der Waals surface area contributed by atoms with Gasteiger partial charge in [-0.1, -0.05) is 54.1 Å². The summed E-state index contributed by atoms with van der Waals surface area (Å²) < 4.78 is 0. The van der Waals surface area contributed by atoms with Crippen LogP contribution in [0.3, 0.4) is 0 Å². The number of halogens is 1. The molecule has 1 fully saturated rings. The third-order valence-corrected chi connectivity index (χ3v) is 4.54. The first kappa shape index (κ1) is 16.5. The largest absolute Gasteiger partial charge is 0.480 e. The average molecular weight is 344 g/mol. The Morgan fingerprint density at radius 2 is 1.92 bits per heavy atom. The van der Waals surface area contributed by atoms with Crippen molar-refractivity contribution in [3.8, 4) is 0 Å². The van der Waals surface area contributed by atoms with Crippen molar-refractivity contribution < 1.29 is 14.7 Å². The van der Waals surface area contributed by atoms with Gasteiger partial charge in [-0.05, 0) is 35.6 Å². The van der Waals surface area contributed by atoms with E-state index in [-0.39, 0.29) is 24.2 Å². The SMILES string of the molecule is O=C(O)C(Cc1ccccc1)NC(=O)C1CC1c1cccc(Cl)c1. The number of hydrogen-bond donors (Lipinski definition) is 2. The highest BCUT2D eigenvalue weighted by molar-refractivity contribution is 6.30. The van der Waals surface area contributed by atoms with E-state index in [0.717, 1.165) is 17.5 Å². The van der Waals surface area contributed by atoms with E-state index in [1.165, 1.54) is 0 Å². The minimum absolute atomic E-state index is 0.120. The maximum absolute atomic E-state index is 12.4. The Hall–Kier alpha value is -2.33. The molecule has 124 valence electrons. The van der Waals surface area contributed by atoms with E-state index in [9.17, 15) is 14.7 Å². The van der Waals surface area contributed by atoms with Gasteiger partial charge in [-0.2, -0.15) is 0 Å². The van der Waals surface area contributed by atoms with Gasteiger partial charge in [0.15, 0.2) is 0 Å². The first-order valence-electron chi connectivity index (χ1n) is 7.87. The van der Waals surface area contributed by atoms with Crippen LogP contribution in [0.15, 0.2) is 54.6 Å². The number of amides is 1. The van der Waals surface area contributed by atoms with Gasteiger partial charge in [-0.25, -0.2) is 4.79 Å². The van der Waals surface area contributed by atoms with Gasteiger partial charge in [-0.15, -0.1) is 0 Å². The molecule has 1 amide bonds. The number of carboxylic acid groups (broad SMARTS) is 1. The van der Waals surface area contributed by atoms with Crippen LogP contribution in [-0.4, -0.2) is 23.0 Å². The van der Waals surface area contributed by atoms with Gasteiger partial charge in [-0.3, -0.25) is 4.79 Å². The van der Waals surface area contributed by atoms with Crippen molar-refractivity contribution in [1.82, 2.24) is 5.32 Å². The van der Waals surface area contributed by atoms with Gasteiger partial charge in [0, 0.05) is 17.4 Å². The quantitative estimate of drug-likeness (QED) is 0.846. The lowest BCUT2D eigenvalue weighted by Gasteiger charge is -2.14. The lowest BCUT2D eigenvalue weighted by Crippen LogP contribution is -2.43. The van der Waals surface area contributed by atoms with Gasteiger partial charge < -0.3 is 10.4 Å². The second kappa shape index (κ2) is 7.05. The number of carbonyl (C=O) groups excluding carboxylic acids is 1. The lowest BCUT2D eigenvalue weighted by atomic mass is 10.1. The van der Waals surface area contributed by atoms with E-state index < -0.39 is 12.0 Å². The van der Waals surface area contributed by atoms with E-state index in [1.54, 1.807) is 6.07 Å². The van der Waals surface area contributed by atoms with Crippen molar-refractivity contribution in [2.24, 2.45) is 5.92 Å². The minimum Gasteiger partial charge on any atom is -0.480 e. The van der Waals surface area contributed by atoms with E-state index in [0.29, 0.717) is 5.02 Å². The molecule has 2 aromatic rings. The van der Waals surface area contributed by atoms with Crippen molar-refractivity contribution in [2.45, 2.75) is 24.8 Å².